The van der Waals surface area contributed by atoms with Crippen molar-refractivity contribution < 1.29 is 18.3 Å². The first-order valence-corrected chi connectivity index (χ1v) is 6.41. The number of nitrogens with one attached hydrogen (secondary N) is 2. The van der Waals surface area contributed by atoms with Crippen molar-refractivity contribution in [2.24, 2.45) is 5.92 Å². The van der Waals surface area contributed by atoms with Gasteiger partial charge in [-0.15, -0.1) is 0 Å². The molecule has 1 rings (SSSR count). The summed E-state index contributed by atoms with van der Waals surface area (Å²) in [6.45, 7) is 4.49. The maximum atomic E-state index is 12.7. The molecule has 0 bridgehead atoms. The first-order valence-electron chi connectivity index (χ1n) is 6.41. The predicted molar refractivity (Wildman–Crippen MR) is 70.6 cm³/mol. The van der Waals surface area contributed by atoms with Gasteiger partial charge in [0, 0.05) is 25.8 Å². The van der Waals surface area contributed by atoms with Gasteiger partial charge in [0.1, 0.15) is 11.6 Å². The maximum absolute atomic E-state index is 12.7. The van der Waals surface area contributed by atoms with Crippen LogP contribution in [0.2, 0.25) is 0 Å². The van der Waals surface area contributed by atoms with Crippen LogP contribution in [0.15, 0.2) is 6.07 Å². The van der Waals surface area contributed by atoms with Crippen molar-refractivity contribution in [3.8, 4) is 0 Å². The van der Waals surface area contributed by atoms with E-state index in [4.69, 9.17) is 5.11 Å². The molecular formula is C12H19F3N4O. The number of hydrogen-bond acceptors (Lipinski definition) is 5. The highest BCUT2D eigenvalue weighted by atomic mass is 19.4. The molecule has 1 aromatic rings. The smallest absolute Gasteiger partial charge is 0.396 e. The summed E-state index contributed by atoms with van der Waals surface area (Å²) >= 11 is 0. The van der Waals surface area contributed by atoms with Gasteiger partial charge in [-0.3, -0.25) is 0 Å². The number of hydrogen-bond donors (Lipinski definition) is 3. The fourth-order valence-electron chi connectivity index (χ4n) is 1.35. The Morgan fingerprint density at radius 1 is 1.25 bits per heavy atom. The third kappa shape index (κ3) is 5.20. The van der Waals surface area contributed by atoms with Gasteiger partial charge in [0.25, 0.3) is 0 Å². The maximum Gasteiger partial charge on any atom is 0.451 e. The van der Waals surface area contributed by atoms with E-state index >= 15 is 0 Å². The molecule has 1 unspecified atom stereocenters. The van der Waals surface area contributed by atoms with Crippen LogP contribution in [0.4, 0.5) is 24.8 Å². The SMILES string of the molecule is CCCNc1cc(NCC(C)CO)nc(C(F)(F)F)n1. The van der Waals surface area contributed by atoms with Crippen molar-refractivity contribution in [1.82, 2.24) is 9.97 Å². The summed E-state index contributed by atoms with van der Waals surface area (Å²) in [7, 11) is 0. The van der Waals surface area contributed by atoms with E-state index in [1.807, 2.05) is 6.92 Å². The molecule has 0 saturated carbocycles. The highest BCUT2D eigenvalue weighted by molar-refractivity contribution is 5.47. The molecule has 0 spiro atoms. The monoisotopic (exact) mass is 292 g/mol. The van der Waals surface area contributed by atoms with E-state index in [9.17, 15) is 13.2 Å². The Hall–Kier alpha value is -1.57. The van der Waals surface area contributed by atoms with Gasteiger partial charge in [-0.25, -0.2) is 9.97 Å². The van der Waals surface area contributed by atoms with Gasteiger partial charge in [0.05, 0.1) is 0 Å². The molecule has 1 heterocycles. The molecule has 20 heavy (non-hydrogen) atoms. The van der Waals surface area contributed by atoms with Crippen molar-refractivity contribution >= 4 is 11.6 Å². The van der Waals surface area contributed by atoms with Gasteiger partial charge >= 0.3 is 6.18 Å². The van der Waals surface area contributed by atoms with E-state index in [0.717, 1.165) is 6.42 Å². The molecule has 1 atom stereocenters. The summed E-state index contributed by atoms with van der Waals surface area (Å²) in [6.07, 6.45) is -3.82. The number of aliphatic hydroxyl groups excluding tert-OH is 1. The van der Waals surface area contributed by atoms with Crippen LogP contribution in [0.3, 0.4) is 0 Å². The number of halogens is 3. The largest absolute Gasteiger partial charge is 0.451 e. The molecule has 0 saturated heterocycles. The van der Waals surface area contributed by atoms with Gasteiger partial charge < -0.3 is 15.7 Å². The standard InChI is InChI=1S/C12H19F3N4O/c1-3-4-16-9-5-10(17-6-8(2)7-20)19-11(18-9)12(13,14)15/h5,8,20H,3-4,6-7H2,1-2H3,(H2,16,17,18,19). The minimum absolute atomic E-state index is 0.0504. The van der Waals surface area contributed by atoms with Crippen molar-refractivity contribution in [3.05, 3.63) is 11.9 Å². The van der Waals surface area contributed by atoms with Crippen LogP contribution >= 0.6 is 0 Å². The van der Waals surface area contributed by atoms with Crippen LogP contribution in [0.25, 0.3) is 0 Å². The lowest BCUT2D eigenvalue weighted by Gasteiger charge is -2.14. The molecule has 1 aromatic heterocycles. The minimum Gasteiger partial charge on any atom is -0.396 e. The summed E-state index contributed by atoms with van der Waals surface area (Å²) in [6, 6.07) is 1.43. The molecule has 114 valence electrons. The Bertz CT molecular complexity index is 426. The fraction of sp³-hybridized carbons (Fsp3) is 0.667. The molecule has 0 aliphatic heterocycles. The van der Waals surface area contributed by atoms with Crippen molar-refractivity contribution in [1.29, 1.82) is 0 Å². The Balaban J connectivity index is 2.91. The van der Waals surface area contributed by atoms with Crippen molar-refractivity contribution in [2.75, 3.05) is 30.3 Å². The molecule has 3 N–H and O–H groups in total. The average Bonchev–Trinajstić information content (AvgIpc) is 2.41. The highest BCUT2D eigenvalue weighted by Gasteiger charge is 2.35. The van der Waals surface area contributed by atoms with Crippen molar-refractivity contribution in [3.63, 3.8) is 0 Å². The summed E-state index contributed by atoms with van der Waals surface area (Å²) in [4.78, 5) is 6.90. The molecule has 0 fully saturated rings. The highest BCUT2D eigenvalue weighted by Crippen LogP contribution is 2.28. The number of aliphatic hydroxyl groups is 1. The lowest BCUT2D eigenvalue weighted by Crippen LogP contribution is -2.18. The fourth-order valence-corrected chi connectivity index (χ4v) is 1.35. The second kappa shape index (κ2) is 7.28. The molecule has 8 heteroatoms. The van der Waals surface area contributed by atoms with Gasteiger partial charge in [-0.1, -0.05) is 13.8 Å². The molecule has 0 aliphatic rings. The normalized spacial score (nSPS) is 13.1. The molecule has 0 aliphatic carbocycles. The lowest BCUT2D eigenvalue weighted by molar-refractivity contribution is -0.144. The van der Waals surface area contributed by atoms with Crippen LogP contribution in [0, 0.1) is 5.92 Å². The molecular weight excluding hydrogens is 273 g/mol. The van der Waals surface area contributed by atoms with Gasteiger partial charge in [-0.2, -0.15) is 13.2 Å². The van der Waals surface area contributed by atoms with E-state index in [2.05, 4.69) is 20.6 Å². The van der Waals surface area contributed by atoms with Crippen LogP contribution < -0.4 is 10.6 Å². The number of aromatic nitrogens is 2. The summed E-state index contributed by atoms with van der Waals surface area (Å²) < 4.78 is 38.1. The minimum atomic E-state index is -4.59. The van der Waals surface area contributed by atoms with E-state index < -0.39 is 12.0 Å². The summed E-state index contributed by atoms with van der Waals surface area (Å²) in [5.74, 6) is -1.04. The van der Waals surface area contributed by atoms with Crippen LogP contribution in [0.1, 0.15) is 26.1 Å². The summed E-state index contributed by atoms with van der Waals surface area (Å²) in [5.41, 5.74) is 0. The summed E-state index contributed by atoms with van der Waals surface area (Å²) in [5, 5.41) is 14.5. The Morgan fingerprint density at radius 3 is 2.35 bits per heavy atom. The number of nitrogens with zero attached hydrogens (tertiary/aromatic N) is 2. The Kier molecular flexibility index (Phi) is 6.00. The molecule has 0 amide bonds. The average molecular weight is 292 g/mol. The van der Waals surface area contributed by atoms with Crippen LogP contribution in [-0.2, 0) is 6.18 Å². The third-order valence-corrected chi connectivity index (χ3v) is 2.48. The lowest BCUT2D eigenvalue weighted by atomic mass is 10.2. The first kappa shape index (κ1) is 16.5. The topological polar surface area (TPSA) is 70.1 Å². The van der Waals surface area contributed by atoms with Gasteiger partial charge in [0.2, 0.25) is 5.82 Å². The Labute approximate surface area is 115 Å². The second-order valence-electron chi connectivity index (χ2n) is 4.56. The number of rotatable bonds is 7. The van der Waals surface area contributed by atoms with E-state index in [1.54, 1.807) is 6.92 Å². The van der Waals surface area contributed by atoms with E-state index in [-0.39, 0.29) is 24.2 Å². The van der Waals surface area contributed by atoms with Crippen LogP contribution in [-0.4, -0.2) is 34.8 Å². The van der Waals surface area contributed by atoms with Crippen LogP contribution in [0.5, 0.6) is 0 Å². The molecule has 0 aromatic carbocycles. The zero-order valence-corrected chi connectivity index (χ0v) is 11.5. The van der Waals surface area contributed by atoms with Crippen molar-refractivity contribution in [2.45, 2.75) is 26.4 Å². The zero-order valence-electron chi connectivity index (χ0n) is 11.5. The number of anilines is 2. The number of alkyl halides is 3. The van der Waals surface area contributed by atoms with E-state index in [0.29, 0.717) is 13.1 Å². The first-order chi connectivity index (χ1) is 9.36. The van der Waals surface area contributed by atoms with Gasteiger partial charge in [0.15, 0.2) is 0 Å². The second-order valence-corrected chi connectivity index (χ2v) is 4.56. The van der Waals surface area contributed by atoms with E-state index in [1.165, 1.54) is 6.07 Å². The molecule has 0 radical (unpaired) electrons. The molecule has 5 nitrogen and oxygen atoms in total. The Morgan fingerprint density at radius 2 is 1.85 bits per heavy atom. The quantitative estimate of drug-likeness (QED) is 0.719. The third-order valence-electron chi connectivity index (χ3n) is 2.48. The van der Waals surface area contributed by atoms with Gasteiger partial charge in [-0.05, 0) is 12.3 Å². The predicted octanol–water partition coefficient (Wildman–Crippen LogP) is 2.36. The zero-order chi connectivity index (χ0) is 15.2.